The number of fused-ring (bicyclic) bond motifs is 1. The molecule has 2 aliphatic rings. The van der Waals surface area contributed by atoms with E-state index in [9.17, 15) is 4.79 Å². The number of benzene rings is 1. The lowest BCUT2D eigenvalue weighted by Crippen LogP contribution is -2.40. The molecule has 2 aliphatic heterocycles. The Morgan fingerprint density at radius 3 is 2.67 bits per heavy atom. The summed E-state index contributed by atoms with van der Waals surface area (Å²) in [5.41, 5.74) is 10.9. The molecule has 1 atom stereocenters. The summed E-state index contributed by atoms with van der Waals surface area (Å²) in [7, 11) is 0. The van der Waals surface area contributed by atoms with E-state index in [0.29, 0.717) is 5.69 Å². The number of carbonyl (C=O) groups excluding carboxylic acids is 1. The number of ether oxygens (including phenoxy) is 1. The van der Waals surface area contributed by atoms with Gasteiger partial charge in [-0.25, -0.2) is 9.79 Å². The Morgan fingerprint density at radius 2 is 2.00 bits per heavy atom. The minimum atomic E-state index is -0.523. The molecule has 7 heteroatoms. The average Bonchev–Trinajstić information content (AvgIpc) is 2.85. The number of nitrogens with zero attached hydrogens (tertiary/aromatic N) is 2. The van der Waals surface area contributed by atoms with Gasteiger partial charge in [0.1, 0.15) is 11.4 Å². The first-order chi connectivity index (χ1) is 11.3. The minimum Gasteiger partial charge on any atom is -0.444 e. The summed E-state index contributed by atoms with van der Waals surface area (Å²) >= 11 is 0. The van der Waals surface area contributed by atoms with E-state index in [1.807, 2.05) is 63.4 Å². The molecule has 126 valence electrons. The number of hydrogen-bond donors (Lipinski definition) is 3. The second-order valence-electron chi connectivity index (χ2n) is 6.55. The average molecular weight is 327 g/mol. The molecule has 0 aliphatic carbocycles. The lowest BCUT2D eigenvalue weighted by atomic mass is 10.0. The van der Waals surface area contributed by atoms with Gasteiger partial charge >= 0.3 is 6.09 Å². The molecular formula is C17H21N5O2. The van der Waals surface area contributed by atoms with Crippen LogP contribution in [-0.4, -0.2) is 28.8 Å². The Bertz CT molecular complexity index is 728. The predicted octanol–water partition coefficient (Wildman–Crippen LogP) is 2.41. The Hall–Kier alpha value is -2.64. The monoisotopic (exact) mass is 327 g/mol. The first-order valence-electron chi connectivity index (χ1n) is 7.69. The fraction of sp³-hybridized carbons (Fsp3) is 0.294. The normalized spacial score (nSPS) is 19.5. The minimum absolute atomic E-state index is 0.416. The smallest absolute Gasteiger partial charge is 0.412 e. The van der Waals surface area contributed by atoms with Crippen molar-refractivity contribution in [3.8, 4) is 0 Å². The maximum absolute atomic E-state index is 11.8. The highest BCUT2D eigenvalue weighted by Crippen LogP contribution is 2.23. The summed E-state index contributed by atoms with van der Waals surface area (Å²) in [6.45, 7) is 5.48. The van der Waals surface area contributed by atoms with Gasteiger partial charge in [-0.3, -0.25) is 16.1 Å². The van der Waals surface area contributed by atoms with Crippen molar-refractivity contribution < 1.29 is 9.53 Å². The van der Waals surface area contributed by atoms with E-state index in [0.717, 1.165) is 17.0 Å². The van der Waals surface area contributed by atoms with Gasteiger partial charge in [0.15, 0.2) is 6.29 Å². The number of amides is 1. The summed E-state index contributed by atoms with van der Waals surface area (Å²) in [6, 6.07) is 7.53. The molecule has 0 spiro atoms. The van der Waals surface area contributed by atoms with Crippen LogP contribution in [0, 0.1) is 0 Å². The van der Waals surface area contributed by atoms with Gasteiger partial charge < -0.3 is 4.74 Å². The molecule has 1 aromatic carbocycles. The van der Waals surface area contributed by atoms with E-state index in [-0.39, 0.29) is 0 Å². The number of allylic oxidation sites excluding steroid dienone is 2. The number of amidine groups is 1. The highest BCUT2D eigenvalue weighted by molar-refractivity contribution is 6.00. The fourth-order valence-corrected chi connectivity index (χ4v) is 2.35. The van der Waals surface area contributed by atoms with Crippen molar-refractivity contribution >= 4 is 23.2 Å². The van der Waals surface area contributed by atoms with Gasteiger partial charge in [-0.15, -0.1) is 0 Å². The fourth-order valence-electron chi connectivity index (χ4n) is 2.35. The third-order valence-corrected chi connectivity index (χ3v) is 3.33. The molecule has 1 unspecified atom stereocenters. The van der Waals surface area contributed by atoms with Crippen LogP contribution in [-0.2, 0) is 4.74 Å². The van der Waals surface area contributed by atoms with Crippen LogP contribution in [0.15, 0.2) is 47.6 Å². The molecule has 4 N–H and O–H groups in total. The molecule has 0 saturated carbocycles. The maximum atomic E-state index is 11.8. The molecule has 0 aromatic heterocycles. The maximum Gasteiger partial charge on any atom is 0.412 e. The highest BCUT2D eigenvalue weighted by atomic mass is 16.6. The standard InChI is InChI=1S/C17H21N5O2/c1-17(2,3)24-16(23)19-13-7-4-11(5-8-13)12-6-9-14-20-15(18)21-22(14)10-12/h4-10,15,21H,18H2,1-3H3,(H,19,23). The Balaban J connectivity index is 1.67. The Morgan fingerprint density at radius 1 is 1.29 bits per heavy atom. The molecule has 7 nitrogen and oxygen atoms in total. The zero-order chi connectivity index (χ0) is 17.3. The Kier molecular flexibility index (Phi) is 4.13. The van der Waals surface area contributed by atoms with Crippen molar-refractivity contribution in [2.24, 2.45) is 10.7 Å². The third kappa shape index (κ3) is 3.81. The Labute approximate surface area is 140 Å². The highest BCUT2D eigenvalue weighted by Gasteiger charge is 2.21. The van der Waals surface area contributed by atoms with E-state index >= 15 is 0 Å². The van der Waals surface area contributed by atoms with Crippen LogP contribution in [0.3, 0.4) is 0 Å². The molecule has 1 amide bonds. The van der Waals surface area contributed by atoms with Gasteiger partial charge in [-0.2, -0.15) is 5.43 Å². The SMILES string of the molecule is CC(C)(C)OC(=O)Nc1ccc(C2=CN3NC(N)N=C3C=C2)cc1. The molecule has 1 aromatic rings. The van der Waals surface area contributed by atoms with Crippen molar-refractivity contribution in [3.63, 3.8) is 0 Å². The van der Waals surface area contributed by atoms with Gasteiger partial charge in [0, 0.05) is 11.9 Å². The van der Waals surface area contributed by atoms with Gasteiger partial charge in [-0.1, -0.05) is 12.1 Å². The van der Waals surface area contributed by atoms with E-state index < -0.39 is 18.0 Å². The number of carbonyl (C=O) groups is 1. The molecule has 0 radical (unpaired) electrons. The summed E-state index contributed by atoms with van der Waals surface area (Å²) < 4.78 is 5.23. The van der Waals surface area contributed by atoms with Crippen LogP contribution in [0.5, 0.6) is 0 Å². The van der Waals surface area contributed by atoms with Gasteiger partial charge in [0.25, 0.3) is 0 Å². The number of hydrogen-bond acceptors (Lipinski definition) is 6. The molecule has 0 bridgehead atoms. The number of nitrogens with one attached hydrogen (secondary N) is 2. The van der Waals surface area contributed by atoms with Gasteiger partial charge in [0.05, 0.1) is 0 Å². The number of aliphatic imine (C=N–C) groups is 1. The van der Waals surface area contributed by atoms with Crippen LogP contribution in [0.4, 0.5) is 10.5 Å². The molecule has 3 rings (SSSR count). The lowest BCUT2D eigenvalue weighted by Gasteiger charge is -2.20. The van der Waals surface area contributed by atoms with Crippen molar-refractivity contribution in [1.29, 1.82) is 0 Å². The summed E-state index contributed by atoms with van der Waals surface area (Å²) in [4.78, 5) is 16.0. The number of rotatable bonds is 2. The van der Waals surface area contributed by atoms with E-state index in [1.54, 1.807) is 5.01 Å². The molecule has 0 fully saturated rings. The quantitative estimate of drug-likeness (QED) is 0.776. The largest absolute Gasteiger partial charge is 0.444 e. The van der Waals surface area contributed by atoms with E-state index in [2.05, 4.69) is 15.7 Å². The molecular weight excluding hydrogens is 306 g/mol. The first kappa shape index (κ1) is 16.2. The summed E-state index contributed by atoms with van der Waals surface area (Å²) in [5.74, 6) is 0.787. The topological polar surface area (TPSA) is 92.0 Å². The van der Waals surface area contributed by atoms with E-state index in [4.69, 9.17) is 10.5 Å². The predicted molar refractivity (Wildman–Crippen MR) is 93.8 cm³/mol. The van der Waals surface area contributed by atoms with Crippen molar-refractivity contribution in [3.05, 3.63) is 48.2 Å². The van der Waals surface area contributed by atoms with E-state index in [1.165, 1.54) is 0 Å². The van der Waals surface area contributed by atoms with Crippen LogP contribution in [0.1, 0.15) is 26.3 Å². The number of hydrazine groups is 1. The first-order valence-corrected chi connectivity index (χ1v) is 7.69. The molecule has 0 saturated heterocycles. The summed E-state index contributed by atoms with van der Waals surface area (Å²) in [6.07, 6.45) is 4.93. The van der Waals surface area contributed by atoms with Crippen molar-refractivity contribution in [1.82, 2.24) is 10.4 Å². The van der Waals surface area contributed by atoms with Crippen LogP contribution in [0.25, 0.3) is 5.57 Å². The summed E-state index contributed by atoms with van der Waals surface area (Å²) in [5, 5.41) is 4.51. The number of anilines is 1. The third-order valence-electron chi connectivity index (χ3n) is 3.33. The second kappa shape index (κ2) is 6.10. The lowest BCUT2D eigenvalue weighted by molar-refractivity contribution is 0.0636. The second-order valence-corrected chi connectivity index (χ2v) is 6.55. The van der Waals surface area contributed by atoms with Crippen molar-refractivity contribution in [2.45, 2.75) is 32.7 Å². The van der Waals surface area contributed by atoms with Crippen LogP contribution in [0.2, 0.25) is 0 Å². The van der Waals surface area contributed by atoms with Crippen LogP contribution >= 0.6 is 0 Å². The molecule has 2 heterocycles. The van der Waals surface area contributed by atoms with Gasteiger partial charge in [0.2, 0.25) is 0 Å². The molecule has 24 heavy (non-hydrogen) atoms. The number of nitrogens with two attached hydrogens (primary N) is 1. The van der Waals surface area contributed by atoms with Crippen LogP contribution < -0.4 is 16.5 Å². The zero-order valence-electron chi connectivity index (χ0n) is 13.9. The van der Waals surface area contributed by atoms with Crippen molar-refractivity contribution in [2.75, 3.05) is 5.32 Å². The van der Waals surface area contributed by atoms with Gasteiger partial charge in [-0.05, 0) is 56.2 Å². The zero-order valence-corrected chi connectivity index (χ0v) is 13.9.